The number of phenols is 2. The van der Waals surface area contributed by atoms with Gasteiger partial charge in [-0.25, -0.2) is 9.82 Å². The number of amides is 1. The van der Waals surface area contributed by atoms with E-state index < -0.39 is 0 Å². The summed E-state index contributed by atoms with van der Waals surface area (Å²) < 4.78 is 12.8. The van der Waals surface area contributed by atoms with Crippen molar-refractivity contribution >= 4 is 23.4 Å². The molecule has 2 aromatic carbocycles. The second-order valence-corrected chi connectivity index (χ2v) is 6.15. The third-order valence-corrected chi connectivity index (χ3v) is 4.14. The van der Waals surface area contributed by atoms with Crippen LogP contribution in [0.2, 0.25) is 0 Å². The Balaban J connectivity index is 1.82. The quantitative estimate of drug-likeness (QED) is 0.425. The first kappa shape index (κ1) is 17.8. The fourth-order valence-corrected chi connectivity index (χ4v) is 2.73. The molecule has 0 fully saturated rings. The van der Waals surface area contributed by atoms with Crippen molar-refractivity contribution in [2.45, 2.75) is 18.2 Å². The summed E-state index contributed by atoms with van der Waals surface area (Å²) in [5, 5.41) is 22.9. The van der Waals surface area contributed by atoms with Gasteiger partial charge in [-0.2, -0.15) is 5.10 Å². The average molecular weight is 348 g/mol. The second kappa shape index (κ2) is 8.35. The lowest BCUT2D eigenvalue weighted by Crippen LogP contribution is -2.19. The van der Waals surface area contributed by atoms with Crippen LogP contribution in [-0.2, 0) is 4.79 Å². The van der Waals surface area contributed by atoms with E-state index in [-0.39, 0.29) is 29.6 Å². The largest absolute Gasteiger partial charge is 0.508 e. The number of hydrazone groups is 1. The molecule has 0 aliphatic heterocycles. The zero-order valence-electron chi connectivity index (χ0n) is 13.0. The van der Waals surface area contributed by atoms with E-state index >= 15 is 0 Å². The SMILES string of the molecule is C/C(=N\NC(=O)CCSc1ccc(F)cc1)c1ccc(O)cc1O. The fraction of sp³-hybridized carbons (Fsp3) is 0.176. The van der Waals surface area contributed by atoms with Gasteiger partial charge in [-0.3, -0.25) is 4.79 Å². The Labute approximate surface area is 143 Å². The van der Waals surface area contributed by atoms with Crippen molar-refractivity contribution in [3.05, 3.63) is 53.8 Å². The number of halogens is 1. The van der Waals surface area contributed by atoms with Gasteiger partial charge in [0.25, 0.3) is 0 Å². The van der Waals surface area contributed by atoms with Crippen molar-refractivity contribution in [3.63, 3.8) is 0 Å². The van der Waals surface area contributed by atoms with Gasteiger partial charge in [-0.15, -0.1) is 11.8 Å². The number of phenolic OH excluding ortho intramolecular Hbond substituents is 2. The van der Waals surface area contributed by atoms with Gasteiger partial charge in [0.05, 0.1) is 5.71 Å². The predicted molar refractivity (Wildman–Crippen MR) is 91.9 cm³/mol. The highest BCUT2D eigenvalue weighted by molar-refractivity contribution is 7.99. The molecular formula is C17H17FN2O3S. The third-order valence-electron chi connectivity index (χ3n) is 3.13. The number of nitrogens with one attached hydrogen (secondary N) is 1. The molecule has 0 unspecified atom stereocenters. The Hall–Kier alpha value is -2.54. The van der Waals surface area contributed by atoms with E-state index in [1.54, 1.807) is 19.1 Å². The van der Waals surface area contributed by atoms with Crippen LogP contribution in [-0.4, -0.2) is 27.6 Å². The molecule has 0 aliphatic rings. The van der Waals surface area contributed by atoms with Gasteiger partial charge in [0.2, 0.25) is 5.91 Å². The maximum absolute atomic E-state index is 12.8. The minimum Gasteiger partial charge on any atom is -0.508 e. The highest BCUT2D eigenvalue weighted by atomic mass is 32.2. The minimum absolute atomic E-state index is 0.0501. The Morgan fingerprint density at radius 3 is 2.58 bits per heavy atom. The maximum Gasteiger partial charge on any atom is 0.240 e. The number of nitrogens with zero attached hydrogens (tertiary/aromatic N) is 1. The van der Waals surface area contributed by atoms with Crippen molar-refractivity contribution in [3.8, 4) is 11.5 Å². The molecule has 0 aromatic heterocycles. The van der Waals surface area contributed by atoms with E-state index in [1.165, 1.54) is 42.1 Å². The van der Waals surface area contributed by atoms with Crippen LogP contribution in [0.1, 0.15) is 18.9 Å². The zero-order chi connectivity index (χ0) is 17.5. The molecular weight excluding hydrogens is 331 g/mol. The molecule has 0 atom stereocenters. The number of carbonyl (C=O) groups excluding carboxylic acids is 1. The number of rotatable bonds is 6. The molecule has 0 bridgehead atoms. The first-order valence-electron chi connectivity index (χ1n) is 7.19. The predicted octanol–water partition coefficient (Wildman–Crippen LogP) is 3.26. The normalized spacial score (nSPS) is 11.3. The van der Waals surface area contributed by atoms with Gasteiger partial charge in [-0.05, 0) is 43.3 Å². The molecule has 126 valence electrons. The number of thioether (sulfide) groups is 1. The van der Waals surface area contributed by atoms with E-state index in [0.717, 1.165) is 4.90 Å². The Morgan fingerprint density at radius 2 is 1.92 bits per heavy atom. The third kappa shape index (κ3) is 5.27. The summed E-state index contributed by atoms with van der Waals surface area (Å²) in [4.78, 5) is 12.7. The first-order valence-corrected chi connectivity index (χ1v) is 8.18. The minimum atomic E-state index is -0.292. The molecule has 7 heteroatoms. The van der Waals surface area contributed by atoms with Gasteiger partial charge in [0, 0.05) is 28.7 Å². The fourth-order valence-electron chi connectivity index (χ4n) is 1.88. The van der Waals surface area contributed by atoms with Crippen LogP contribution in [0.3, 0.4) is 0 Å². The number of hydrogen-bond acceptors (Lipinski definition) is 5. The van der Waals surface area contributed by atoms with Gasteiger partial charge < -0.3 is 10.2 Å². The van der Waals surface area contributed by atoms with Crippen LogP contribution in [0.15, 0.2) is 52.5 Å². The molecule has 0 aliphatic carbocycles. The standard InChI is InChI=1S/C17H17FN2O3S/c1-11(15-7-4-13(21)10-16(15)22)19-20-17(23)8-9-24-14-5-2-12(18)3-6-14/h2-7,10,21-22H,8-9H2,1H3,(H,20,23)/b19-11+. The summed E-state index contributed by atoms with van der Waals surface area (Å²) in [6.07, 6.45) is 0.250. The van der Waals surface area contributed by atoms with Gasteiger partial charge >= 0.3 is 0 Å². The van der Waals surface area contributed by atoms with Crippen molar-refractivity contribution in [1.82, 2.24) is 5.43 Å². The highest BCUT2D eigenvalue weighted by Gasteiger charge is 2.07. The molecule has 2 rings (SSSR count). The molecule has 24 heavy (non-hydrogen) atoms. The topological polar surface area (TPSA) is 81.9 Å². The van der Waals surface area contributed by atoms with E-state index in [1.807, 2.05) is 0 Å². The summed E-state index contributed by atoms with van der Waals surface area (Å²) in [5.41, 5.74) is 3.27. The van der Waals surface area contributed by atoms with Gasteiger partial charge in [-0.1, -0.05) is 0 Å². The van der Waals surface area contributed by atoms with Crippen LogP contribution in [0.25, 0.3) is 0 Å². The van der Waals surface area contributed by atoms with Crippen molar-refractivity contribution in [2.75, 3.05) is 5.75 Å². The molecule has 0 heterocycles. The van der Waals surface area contributed by atoms with Crippen LogP contribution in [0.5, 0.6) is 11.5 Å². The molecule has 0 saturated heterocycles. The maximum atomic E-state index is 12.8. The lowest BCUT2D eigenvalue weighted by Gasteiger charge is -2.05. The van der Waals surface area contributed by atoms with Crippen LogP contribution >= 0.6 is 11.8 Å². The van der Waals surface area contributed by atoms with Gasteiger partial charge in [0.1, 0.15) is 17.3 Å². The van der Waals surface area contributed by atoms with Gasteiger partial charge in [0.15, 0.2) is 0 Å². The number of carbonyl (C=O) groups is 1. The molecule has 5 nitrogen and oxygen atoms in total. The molecule has 0 spiro atoms. The highest BCUT2D eigenvalue weighted by Crippen LogP contribution is 2.23. The molecule has 3 N–H and O–H groups in total. The summed E-state index contributed by atoms with van der Waals surface area (Å²) in [6.45, 7) is 1.64. The lowest BCUT2D eigenvalue weighted by atomic mass is 10.1. The Bertz CT molecular complexity index is 748. The smallest absolute Gasteiger partial charge is 0.240 e. The molecule has 2 aromatic rings. The van der Waals surface area contributed by atoms with Crippen molar-refractivity contribution < 1.29 is 19.4 Å². The average Bonchev–Trinajstić information content (AvgIpc) is 2.54. The molecule has 0 radical (unpaired) electrons. The van der Waals surface area contributed by atoms with Crippen LogP contribution in [0, 0.1) is 5.82 Å². The van der Waals surface area contributed by atoms with E-state index in [0.29, 0.717) is 17.0 Å². The first-order chi connectivity index (χ1) is 11.5. The number of hydrogen-bond donors (Lipinski definition) is 3. The Kier molecular flexibility index (Phi) is 6.20. The zero-order valence-corrected chi connectivity index (χ0v) is 13.8. The monoisotopic (exact) mass is 348 g/mol. The van der Waals surface area contributed by atoms with E-state index in [4.69, 9.17) is 0 Å². The number of benzene rings is 2. The molecule has 1 amide bonds. The summed E-state index contributed by atoms with van der Waals surface area (Å²) in [7, 11) is 0. The lowest BCUT2D eigenvalue weighted by molar-refractivity contribution is -0.120. The Morgan fingerprint density at radius 1 is 1.21 bits per heavy atom. The van der Waals surface area contributed by atoms with Crippen LogP contribution in [0.4, 0.5) is 4.39 Å². The van der Waals surface area contributed by atoms with Crippen molar-refractivity contribution in [1.29, 1.82) is 0 Å². The van der Waals surface area contributed by atoms with Crippen molar-refractivity contribution in [2.24, 2.45) is 5.10 Å². The van der Waals surface area contributed by atoms with E-state index in [2.05, 4.69) is 10.5 Å². The summed E-state index contributed by atoms with van der Waals surface area (Å²) in [6, 6.07) is 10.2. The van der Waals surface area contributed by atoms with E-state index in [9.17, 15) is 19.4 Å². The van der Waals surface area contributed by atoms with Crippen LogP contribution < -0.4 is 5.43 Å². The second-order valence-electron chi connectivity index (χ2n) is 4.99. The number of aromatic hydroxyl groups is 2. The molecule has 0 saturated carbocycles. The summed E-state index contributed by atoms with van der Waals surface area (Å²) >= 11 is 1.45. The summed E-state index contributed by atoms with van der Waals surface area (Å²) in [5.74, 6) is -0.180.